The first-order valence-electron chi connectivity index (χ1n) is 11.3. The SMILES string of the molecule is CCCCCCCCCCCCCCCCCCC(C)(Cl)C=C(C)C. The highest BCUT2D eigenvalue weighted by Crippen LogP contribution is 2.26. The van der Waals surface area contributed by atoms with Crippen molar-refractivity contribution in [1.82, 2.24) is 0 Å². The molecule has 0 N–H and O–H groups in total. The molecule has 1 atom stereocenters. The highest BCUT2D eigenvalue weighted by Gasteiger charge is 2.16. The van der Waals surface area contributed by atoms with Crippen molar-refractivity contribution in [3.05, 3.63) is 11.6 Å². The van der Waals surface area contributed by atoms with Gasteiger partial charge in [0.05, 0.1) is 4.87 Å². The Morgan fingerprint density at radius 1 is 0.640 bits per heavy atom. The van der Waals surface area contributed by atoms with E-state index in [4.69, 9.17) is 11.6 Å². The van der Waals surface area contributed by atoms with Crippen LogP contribution in [-0.4, -0.2) is 4.87 Å². The van der Waals surface area contributed by atoms with Crippen molar-refractivity contribution < 1.29 is 0 Å². The van der Waals surface area contributed by atoms with Gasteiger partial charge in [0.15, 0.2) is 0 Å². The molecule has 0 aromatic carbocycles. The molecule has 0 saturated carbocycles. The van der Waals surface area contributed by atoms with Crippen LogP contribution in [-0.2, 0) is 0 Å². The lowest BCUT2D eigenvalue weighted by atomic mass is 9.99. The molecule has 0 rings (SSSR count). The third-order valence-electron chi connectivity index (χ3n) is 5.11. The normalized spacial score (nSPS) is 13.6. The van der Waals surface area contributed by atoms with E-state index < -0.39 is 0 Å². The molecule has 0 radical (unpaired) electrons. The molecular formula is C24H47Cl. The van der Waals surface area contributed by atoms with Gasteiger partial charge in [-0.1, -0.05) is 121 Å². The quantitative estimate of drug-likeness (QED) is 0.128. The number of hydrogen-bond donors (Lipinski definition) is 0. The van der Waals surface area contributed by atoms with Crippen LogP contribution in [0.15, 0.2) is 11.6 Å². The monoisotopic (exact) mass is 370 g/mol. The Kier molecular flexibility index (Phi) is 17.5. The van der Waals surface area contributed by atoms with Crippen molar-refractivity contribution in [3.8, 4) is 0 Å². The van der Waals surface area contributed by atoms with Crippen LogP contribution < -0.4 is 0 Å². The largest absolute Gasteiger partial charge is 0.115 e. The van der Waals surface area contributed by atoms with Gasteiger partial charge in [0.1, 0.15) is 0 Å². The van der Waals surface area contributed by atoms with Crippen molar-refractivity contribution in [2.45, 2.75) is 142 Å². The van der Waals surface area contributed by atoms with Crippen LogP contribution in [0.1, 0.15) is 137 Å². The Morgan fingerprint density at radius 3 is 1.28 bits per heavy atom. The molecule has 150 valence electrons. The van der Waals surface area contributed by atoms with Crippen LogP contribution in [0.4, 0.5) is 0 Å². The summed E-state index contributed by atoms with van der Waals surface area (Å²) in [6.45, 7) is 8.70. The maximum Gasteiger partial charge on any atom is 0.0600 e. The highest BCUT2D eigenvalue weighted by molar-refractivity contribution is 6.25. The first kappa shape index (κ1) is 25.0. The Labute approximate surface area is 165 Å². The van der Waals surface area contributed by atoms with Crippen LogP contribution in [0, 0.1) is 0 Å². The van der Waals surface area contributed by atoms with E-state index in [2.05, 4.69) is 33.8 Å². The molecule has 0 bridgehead atoms. The highest BCUT2D eigenvalue weighted by atomic mass is 35.5. The van der Waals surface area contributed by atoms with Crippen molar-refractivity contribution in [3.63, 3.8) is 0 Å². The molecule has 1 unspecified atom stereocenters. The molecule has 0 aliphatic rings. The van der Waals surface area contributed by atoms with Crippen molar-refractivity contribution in [2.24, 2.45) is 0 Å². The number of alkyl halides is 1. The van der Waals surface area contributed by atoms with Crippen LogP contribution in [0.25, 0.3) is 0 Å². The van der Waals surface area contributed by atoms with Gasteiger partial charge in [-0.05, 0) is 27.2 Å². The van der Waals surface area contributed by atoms with Crippen molar-refractivity contribution >= 4 is 11.6 Å². The van der Waals surface area contributed by atoms with E-state index in [-0.39, 0.29) is 4.87 Å². The fraction of sp³-hybridized carbons (Fsp3) is 0.917. The molecule has 0 aromatic heterocycles. The van der Waals surface area contributed by atoms with Gasteiger partial charge in [0, 0.05) is 0 Å². The summed E-state index contributed by atoms with van der Waals surface area (Å²) in [6, 6.07) is 0. The first-order chi connectivity index (χ1) is 12.0. The average molecular weight is 371 g/mol. The molecular weight excluding hydrogens is 324 g/mol. The Balaban J connectivity index is 3.20. The molecule has 0 heterocycles. The number of unbranched alkanes of at least 4 members (excludes halogenated alkanes) is 15. The van der Waals surface area contributed by atoms with E-state index in [1.54, 1.807) is 0 Å². The zero-order valence-electron chi connectivity index (χ0n) is 18.0. The maximum atomic E-state index is 6.52. The Hall–Kier alpha value is 0.0300. The van der Waals surface area contributed by atoms with E-state index >= 15 is 0 Å². The minimum atomic E-state index is -0.130. The third-order valence-corrected chi connectivity index (χ3v) is 5.41. The summed E-state index contributed by atoms with van der Waals surface area (Å²) in [5.41, 5.74) is 1.33. The zero-order valence-corrected chi connectivity index (χ0v) is 18.7. The summed E-state index contributed by atoms with van der Waals surface area (Å²) in [5, 5.41) is 0. The second-order valence-corrected chi connectivity index (χ2v) is 9.42. The van der Waals surface area contributed by atoms with Gasteiger partial charge >= 0.3 is 0 Å². The van der Waals surface area contributed by atoms with Crippen LogP contribution in [0.5, 0.6) is 0 Å². The van der Waals surface area contributed by atoms with Gasteiger partial charge in [0.25, 0.3) is 0 Å². The third kappa shape index (κ3) is 20.2. The lowest BCUT2D eigenvalue weighted by molar-refractivity contribution is 0.521. The summed E-state index contributed by atoms with van der Waals surface area (Å²) in [7, 11) is 0. The van der Waals surface area contributed by atoms with Crippen molar-refractivity contribution in [1.29, 1.82) is 0 Å². The van der Waals surface area contributed by atoms with Crippen LogP contribution in [0.3, 0.4) is 0 Å². The predicted molar refractivity (Wildman–Crippen MR) is 118 cm³/mol. The lowest BCUT2D eigenvalue weighted by Gasteiger charge is -2.18. The maximum absolute atomic E-state index is 6.52. The minimum Gasteiger partial charge on any atom is -0.115 e. The standard InChI is InChI=1S/C24H47Cl/c1-5-6-7-8-9-10-11-12-13-14-15-16-17-18-19-20-21-24(4,25)22-23(2)3/h22H,5-21H2,1-4H3. The van der Waals surface area contributed by atoms with Gasteiger partial charge in [-0.25, -0.2) is 0 Å². The summed E-state index contributed by atoms with van der Waals surface area (Å²) in [4.78, 5) is -0.130. The fourth-order valence-electron chi connectivity index (χ4n) is 3.69. The van der Waals surface area contributed by atoms with E-state index in [0.717, 1.165) is 6.42 Å². The summed E-state index contributed by atoms with van der Waals surface area (Å²) in [5.74, 6) is 0. The van der Waals surface area contributed by atoms with Gasteiger partial charge in [0.2, 0.25) is 0 Å². The van der Waals surface area contributed by atoms with Crippen LogP contribution >= 0.6 is 11.6 Å². The second-order valence-electron chi connectivity index (χ2n) is 8.55. The van der Waals surface area contributed by atoms with E-state index in [1.165, 1.54) is 108 Å². The van der Waals surface area contributed by atoms with Gasteiger partial charge < -0.3 is 0 Å². The minimum absolute atomic E-state index is 0.130. The van der Waals surface area contributed by atoms with Gasteiger partial charge in [-0.15, -0.1) is 11.6 Å². The zero-order chi connectivity index (χ0) is 18.8. The Bertz CT molecular complexity index is 299. The molecule has 0 aliphatic heterocycles. The summed E-state index contributed by atoms with van der Waals surface area (Å²) >= 11 is 6.52. The molecule has 0 fully saturated rings. The van der Waals surface area contributed by atoms with Gasteiger partial charge in [-0.3, -0.25) is 0 Å². The molecule has 25 heavy (non-hydrogen) atoms. The fourth-order valence-corrected chi connectivity index (χ4v) is 4.04. The number of halogens is 1. The lowest BCUT2D eigenvalue weighted by Crippen LogP contribution is -2.12. The smallest absolute Gasteiger partial charge is 0.0600 e. The Morgan fingerprint density at radius 2 is 0.960 bits per heavy atom. The van der Waals surface area contributed by atoms with Crippen molar-refractivity contribution in [2.75, 3.05) is 0 Å². The number of hydrogen-bond acceptors (Lipinski definition) is 0. The molecule has 0 aromatic rings. The first-order valence-corrected chi connectivity index (χ1v) is 11.7. The topological polar surface area (TPSA) is 0 Å². The molecule has 0 aliphatic carbocycles. The summed E-state index contributed by atoms with van der Waals surface area (Å²) < 4.78 is 0. The predicted octanol–water partition coefficient (Wildman–Crippen LogP) is 9.60. The van der Waals surface area contributed by atoms with Gasteiger partial charge in [-0.2, -0.15) is 0 Å². The molecule has 0 nitrogen and oxygen atoms in total. The number of allylic oxidation sites excluding steroid dienone is 2. The molecule has 0 saturated heterocycles. The number of rotatable bonds is 18. The molecule has 0 amide bonds. The second kappa shape index (κ2) is 17.4. The van der Waals surface area contributed by atoms with Crippen LogP contribution in [0.2, 0.25) is 0 Å². The summed E-state index contributed by atoms with van der Waals surface area (Å²) in [6.07, 6.45) is 26.1. The van der Waals surface area contributed by atoms with E-state index in [9.17, 15) is 0 Å². The molecule has 1 heteroatoms. The van der Waals surface area contributed by atoms with E-state index in [0.29, 0.717) is 0 Å². The average Bonchev–Trinajstić information content (AvgIpc) is 2.53. The van der Waals surface area contributed by atoms with E-state index in [1.807, 2.05) is 0 Å². The molecule has 0 spiro atoms.